The minimum absolute atomic E-state index is 0.240. The summed E-state index contributed by atoms with van der Waals surface area (Å²) >= 11 is 0. The zero-order valence-electron chi connectivity index (χ0n) is 10.9. The lowest BCUT2D eigenvalue weighted by atomic mass is 10.0. The van der Waals surface area contributed by atoms with Crippen molar-refractivity contribution in [1.82, 2.24) is 5.32 Å². The van der Waals surface area contributed by atoms with Gasteiger partial charge < -0.3 is 5.32 Å². The lowest BCUT2D eigenvalue weighted by molar-refractivity contribution is 0.478. The van der Waals surface area contributed by atoms with Gasteiger partial charge in [-0.1, -0.05) is 13.0 Å². The molecule has 18 heavy (non-hydrogen) atoms. The molecular formula is C15H21F2N. The maximum absolute atomic E-state index is 13.1. The van der Waals surface area contributed by atoms with E-state index in [1.54, 1.807) is 0 Å². The first-order valence-electron chi connectivity index (χ1n) is 6.45. The zero-order valence-corrected chi connectivity index (χ0v) is 10.9. The van der Waals surface area contributed by atoms with Crippen LogP contribution in [0.1, 0.15) is 31.7 Å². The molecule has 0 aliphatic rings. The number of nitrogens with one attached hydrogen (secondary N) is 1. The van der Waals surface area contributed by atoms with E-state index in [0.29, 0.717) is 12.0 Å². The van der Waals surface area contributed by atoms with Gasteiger partial charge in [0.25, 0.3) is 0 Å². The van der Waals surface area contributed by atoms with Gasteiger partial charge in [0.2, 0.25) is 0 Å². The molecule has 3 heteroatoms. The van der Waals surface area contributed by atoms with Crippen LogP contribution in [0.2, 0.25) is 0 Å². The third kappa shape index (κ3) is 5.41. The molecule has 0 spiro atoms. The number of rotatable bonds is 8. The van der Waals surface area contributed by atoms with E-state index in [9.17, 15) is 8.78 Å². The average molecular weight is 253 g/mol. The highest BCUT2D eigenvalue weighted by Crippen LogP contribution is 2.12. The Kier molecular flexibility index (Phi) is 6.58. The minimum Gasteiger partial charge on any atom is -0.314 e. The second-order valence-electron chi connectivity index (χ2n) is 4.50. The van der Waals surface area contributed by atoms with Gasteiger partial charge in [0.1, 0.15) is 11.6 Å². The van der Waals surface area contributed by atoms with Crippen LogP contribution in [0.25, 0.3) is 0 Å². The van der Waals surface area contributed by atoms with E-state index in [1.807, 2.05) is 6.08 Å². The van der Waals surface area contributed by atoms with Crippen LogP contribution < -0.4 is 5.32 Å². The summed E-state index contributed by atoms with van der Waals surface area (Å²) in [7, 11) is 0. The molecular weight excluding hydrogens is 232 g/mol. The molecule has 0 aliphatic heterocycles. The second kappa shape index (κ2) is 7.98. The summed E-state index contributed by atoms with van der Waals surface area (Å²) < 4.78 is 26.2. The molecule has 0 fully saturated rings. The molecule has 100 valence electrons. The predicted octanol–water partition coefficient (Wildman–Crippen LogP) is 3.84. The van der Waals surface area contributed by atoms with Gasteiger partial charge in [-0.05, 0) is 49.9 Å². The van der Waals surface area contributed by atoms with Crippen molar-refractivity contribution in [2.24, 2.45) is 0 Å². The predicted molar refractivity (Wildman–Crippen MR) is 71.6 cm³/mol. The summed E-state index contributed by atoms with van der Waals surface area (Å²) in [5, 5.41) is 3.40. The third-order valence-electron chi connectivity index (χ3n) is 2.81. The van der Waals surface area contributed by atoms with Crippen molar-refractivity contribution in [3.8, 4) is 0 Å². The molecule has 0 heterocycles. The summed E-state index contributed by atoms with van der Waals surface area (Å²) in [6, 6.07) is 3.95. The minimum atomic E-state index is -0.511. The molecule has 0 saturated heterocycles. The van der Waals surface area contributed by atoms with Crippen LogP contribution in [0.4, 0.5) is 8.78 Å². The van der Waals surface area contributed by atoms with Crippen LogP contribution in [0, 0.1) is 11.6 Å². The van der Waals surface area contributed by atoms with Crippen LogP contribution in [-0.2, 0) is 6.42 Å². The fourth-order valence-corrected chi connectivity index (χ4v) is 1.96. The highest BCUT2D eigenvalue weighted by Gasteiger charge is 2.09. The largest absolute Gasteiger partial charge is 0.314 e. The van der Waals surface area contributed by atoms with Crippen molar-refractivity contribution < 1.29 is 8.78 Å². The van der Waals surface area contributed by atoms with Gasteiger partial charge >= 0.3 is 0 Å². The fraction of sp³-hybridized carbons (Fsp3) is 0.467. The SMILES string of the molecule is C=CCCC(Cc1cc(F)cc(F)c1)NCCC. The van der Waals surface area contributed by atoms with Crippen LogP contribution in [0.3, 0.4) is 0 Å². The van der Waals surface area contributed by atoms with E-state index in [0.717, 1.165) is 31.9 Å². The Balaban J connectivity index is 2.64. The monoisotopic (exact) mass is 253 g/mol. The number of hydrogen-bond donors (Lipinski definition) is 1. The Morgan fingerprint density at radius 2 is 1.94 bits per heavy atom. The molecule has 1 atom stereocenters. The lowest BCUT2D eigenvalue weighted by Gasteiger charge is -2.18. The fourth-order valence-electron chi connectivity index (χ4n) is 1.96. The molecule has 0 amide bonds. The topological polar surface area (TPSA) is 12.0 Å². The highest BCUT2D eigenvalue weighted by atomic mass is 19.1. The van der Waals surface area contributed by atoms with Crippen molar-refractivity contribution in [3.63, 3.8) is 0 Å². The Hall–Kier alpha value is -1.22. The Morgan fingerprint density at radius 1 is 1.28 bits per heavy atom. The van der Waals surface area contributed by atoms with Crippen molar-refractivity contribution in [3.05, 3.63) is 48.1 Å². The van der Waals surface area contributed by atoms with Crippen molar-refractivity contribution in [2.45, 2.75) is 38.6 Å². The Labute approximate surface area is 108 Å². The normalized spacial score (nSPS) is 12.4. The van der Waals surface area contributed by atoms with E-state index >= 15 is 0 Å². The summed E-state index contributed by atoms with van der Waals surface area (Å²) in [4.78, 5) is 0. The lowest BCUT2D eigenvalue weighted by Crippen LogP contribution is -2.31. The van der Waals surface area contributed by atoms with Gasteiger partial charge in [-0.3, -0.25) is 0 Å². The summed E-state index contributed by atoms with van der Waals surface area (Å²) in [6.07, 6.45) is 5.39. The smallest absolute Gasteiger partial charge is 0.126 e. The molecule has 0 saturated carbocycles. The van der Waals surface area contributed by atoms with Gasteiger partial charge in [-0.15, -0.1) is 6.58 Å². The standard InChI is InChI=1S/C15H21F2N/c1-3-5-6-15(18-7-4-2)10-12-8-13(16)11-14(17)9-12/h3,8-9,11,15,18H,1,4-7,10H2,2H3. The number of benzene rings is 1. The summed E-state index contributed by atoms with van der Waals surface area (Å²) in [6.45, 7) is 6.71. The molecule has 0 bridgehead atoms. The van der Waals surface area contributed by atoms with Crippen LogP contribution in [0.15, 0.2) is 30.9 Å². The summed E-state index contributed by atoms with van der Waals surface area (Å²) in [5.41, 5.74) is 0.699. The van der Waals surface area contributed by atoms with E-state index < -0.39 is 11.6 Å². The number of hydrogen-bond acceptors (Lipinski definition) is 1. The molecule has 0 radical (unpaired) electrons. The van der Waals surface area contributed by atoms with Crippen molar-refractivity contribution >= 4 is 0 Å². The Bertz CT molecular complexity index is 357. The van der Waals surface area contributed by atoms with Gasteiger partial charge in [0, 0.05) is 12.1 Å². The molecule has 1 aromatic rings. The first-order valence-corrected chi connectivity index (χ1v) is 6.45. The maximum atomic E-state index is 13.1. The van der Waals surface area contributed by atoms with E-state index in [4.69, 9.17) is 0 Å². The quantitative estimate of drug-likeness (QED) is 0.694. The van der Waals surface area contributed by atoms with Gasteiger partial charge in [0.05, 0.1) is 0 Å². The van der Waals surface area contributed by atoms with Crippen LogP contribution in [0.5, 0.6) is 0 Å². The zero-order chi connectivity index (χ0) is 13.4. The van der Waals surface area contributed by atoms with Crippen molar-refractivity contribution in [2.75, 3.05) is 6.54 Å². The van der Waals surface area contributed by atoms with Crippen LogP contribution in [-0.4, -0.2) is 12.6 Å². The van der Waals surface area contributed by atoms with E-state index in [2.05, 4.69) is 18.8 Å². The van der Waals surface area contributed by atoms with Gasteiger partial charge in [-0.25, -0.2) is 8.78 Å². The van der Waals surface area contributed by atoms with E-state index in [-0.39, 0.29) is 6.04 Å². The Morgan fingerprint density at radius 3 is 2.50 bits per heavy atom. The third-order valence-corrected chi connectivity index (χ3v) is 2.81. The second-order valence-corrected chi connectivity index (χ2v) is 4.50. The van der Waals surface area contributed by atoms with Crippen LogP contribution >= 0.6 is 0 Å². The molecule has 1 N–H and O–H groups in total. The molecule has 0 aliphatic carbocycles. The van der Waals surface area contributed by atoms with E-state index in [1.165, 1.54) is 12.1 Å². The molecule has 0 aromatic heterocycles. The molecule has 1 aromatic carbocycles. The first kappa shape index (κ1) is 14.8. The number of allylic oxidation sites excluding steroid dienone is 1. The van der Waals surface area contributed by atoms with Crippen molar-refractivity contribution in [1.29, 1.82) is 0 Å². The molecule has 1 rings (SSSR count). The van der Waals surface area contributed by atoms with Gasteiger partial charge in [-0.2, -0.15) is 0 Å². The maximum Gasteiger partial charge on any atom is 0.126 e. The van der Waals surface area contributed by atoms with Gasteiger partial charge in [0.15, 0.2) is 0 Å². The molecule has 1 unspecified atom stereocenters. The molecule has 1 nitrogen and oxygen atoms in total. The summed E-state index contributed by atoms with van der Waals surface area (Å²) in [5.74, 6) is -1.02. The average Bonchev–Trinajstić information content (AvgIpc) is 2.31. The highest BCUT2D eigenvalue weighted by molar-refractivity contribution is 5.19. The first-order chi connectivity index (χ1) is 8.65. The number of halogens is 2.